The van der Waals surface area contributed by atoms with E-state index < -0.39 is 0 Å². The Bertz CT molecular complexity index is 214. The summed E-state index contributed by atoms with van der Waals surface area (Å²) in [4.78, 5) is 13.3. The molecule has 1 aliphatic rings. The fourth-order valence-electron chi connectivity index (χ4n) is 1.61. The van der Waals surface area contributed by atoms with Gasteiger partial charge in [0.15, 0.2) is 0 Å². The maximum absolute atomic E-state index is 11.5. The first-order valence-electron chi connectivity index (χ1n) is 4.99. The van der Waals surface area contributed by atoms with Gasteiger partial charge in [-0.05, 0) is 26.5 Å². The third-order valence-corrected chi connectivity index (χ3v) is 3.56. The number of carbonyl (C=O) groups is 1. The van der Waals surface area contributed by atoms with E-state index in [-0.39, 0.29) is 11.7 Å². The molecule has 14 heavy (non-hydrogen) atoms. The Morgan fingerprint density at radius 3 is 2.64 bits per heavy atom. The monoisotopic (exact) mass is 217 g/mol. The van der Waals surface area contributed by atoms with Crippen LogP contribution >= 0.6 is 11.8 Å². The average molecular weight is 217 g/mol. The van der Waals surface area contributed by atoms with E-state index in [4.69, 9.17) is 4.74 Å². The van der Waals surface area contributed by atoms with Crippen molar-refractivity contribution in [3.8, 4) is 0 Å². The molecule has 0 spiro atoms. The van der Waals surface area contributed by atoms with E-state index in [0.29, 0.717) is 11.8 Å². The molecular formula is C10H19NO2S. The number of rotatable bonds is 4. The molecule has 0 aromatic carbocycles. The van der Waals surface area contributed by atoms with Gasteiger partial charge in [0.05, 0.1) is 6.54 Å². The maximum atomic E-state index is 11.5. The van der Waals surface area contributed by atoms with Gasteiger partial charge < -0.3 is 9.64 Å². The molecule has 1 amide bonds. The van der Waals surface area contributed by atoms with Crippen molar-refractivity contribution >= 4 is 17.9 Å². The molecule has 82 valence electrons. The lowest BCUT2D eigenvalue weighted by Gasteiger charge is -2.20. The largest absolute Gasteiger partial charge is 0.441 e. The van der Waals surface area contributed by atoms with Gasteiger partial charge in [-0.1, -0.05) is 6.92 Å². The van der Waals surface area contributed by atoms with Gasteiger partial charge in [0.2, 0.25) is 0 Å². The Balaban J connectivity index is 2.50. The van der Waals surface area contributed by atoms with Crippen LogP contribution in [0.5, 0.6) is 0 Å². The molecule has 3 nitrogen and oxygen atoms in total. The van der Waals surface area contributed by atoms with Gasteiger partial charge in [0.1, 0.15) is 5.60 Å². The van der Waals surface area contributed by atoms with Gasteiger partial charge >= 0.3 is 6.09 Å². The first kappa shape index (κ1) is 11.7. The highest BCUT2D eigenvalue weighted by Crippen LogP contribution is 2.23. The fraction of sp³-hybridized carbons (Fsp3) is 0.900. The van der Waals surface area contributed by atoms with Crippen LogP contribution in [0.1, 0.15) is 27.2 Å². The van der Waals surface area contributed by atoms with E-state index in [1.165, 1.54) is 0 Å². The lowest BCUT2D eigenvalue weighted by atomic mass is 10.1. The quantitative estimate of drug-likeness (QED) is 0.724. The lowest BCUT2D eigenvalue weighted by Crippen LogP contribution is -2.33. The Kier molecular flexibility index (Phi) is 3.70. The summed E-state index contributed by atoms with van der Waals surface area (Å²) in [6.07, 6.45) is 3.01. The number of hydrogen-bond acceptors (Lipinski definition) is 3. The molecule has 1 rings (SSSR count). The van der Waals surface area contributed by atoms with Crippen molar-refractivity contribution in [2.45, 2.75) is 38.0 Å². The lowest BCUT2D eigenvalue weighted by molar-refractivity contribution is 0.0859. The van der Waals surface area contributed by atoms with Gasteiger partial charge in [0.25, 0.3) is 0 Å². The van der Waals surface area contributed by atoms with E-state index >= 15 is 0 Å². The van der Waals surface area contributed by atoms with Crippen molar-refractivity contribution in [3.05, 3.63) is 0 Å². The van der Waals surface area contributed by atoms with Gasteiger partial charge in [-0.2, -0.15) is 11.8 Å². The van der Waals surface area contributed by atoms with E-state index in [2.05, 4.69) is 13.2 Å². The van der Waals surface area contributed by atoms with Crippen molar-refractivity contribution in [3.63, 3.8) is 0 Å². The third kappa shape index (κ3) is 2.80. The van der Waals surface area contributed by atoms with Gasteiger partial charge in [-0.15, -0.1) is 0 Å². The van der Waals surface area contributed by atoms with E-state index in [0.717, 1.165) is 13.0 Å². The average Bonchev–Trinajstić information content (AvgIpc) is 2.35. The van der Waals surface area contributed by atoms with Crippen LogP contribution in [-0.4, -0.2) is 41.2 Å². The molecule has 0 bridgehead atoms. The number of amides is 1. The molecule has 0 N–H and O–H groups in total. The highest BCUT2D eigenvalue weighted by Gasteiger charge is 2.37. The number of ether oxygens (including phenoxy) is 1. The summed E-state index contributed by atoms with van der Waals surface area (Å²) in [6, 6.07) is 0. The van der Waals surface area contributed by atoms with Crippen molar-refractivity contribution in [2.75, 3.05) is 19.3 Å². The zero-order valence-corrected chi connectivity index (χ0v) is 10.2. The Morgan fingerprint density at radius 1 is 1.64 bits per heavy atom. The molecule has 1 heterocycles. The SMILES string of the molecule is CCC(CN1CC(C)(C)OC1=O)SC. The van der Waals surface area contributed by atoms with Crippen LogP contribution in [0.4, 0.5) is 4.79 Å². The summed E-state index contributed by atoms with van der Waals surface area (Å²) in [6.45, 7) is 7.56. The second-order valence-corrected chi connectivity index (χ2v) is 5.41. The van der Waals surface area contributed by atoms with Gasteiger partial charge in [-0.3, -0.25) is 0 Å². The molecule has 0 aliphatic carbocycles. The summed E-state index contributed by atoms with van der Waals surface area (Å²) in [5.41, 5.74) is -0.312. The highest BCUT2D eigenvalue weighted by molar-refractivity contribution is 7.99. The zero-order chi connectivity index (χ0) is 10.8. The third-order valence-electron chi connectivity index (χ3n) is 2.41. The molecule has 1 fully saturated rings. The predicted molar refractivity (Wildman–Crippen MR) is 59.7 cm³/mol. The summed E-state index contributed by atoms with van der Waals surface area (Å²) in [5.74, 6) is 0. The molecular weight excluding hydrogens is 198 g/mol. The minimum Gasteiger partial charge on any atom is -0.441 e. The van der Waals surface area contributed by atoms with Crippen molar-refractivity contribution in [1.82, 2.24) is 4.90 Å². The van der Waals surface area contributed by atoms with Gasteiger partial charge in [0, 0.05) is 11.8 Å². The number of carbonyl (C=O) groups excluding carboxylic acids is 1. The smallest absolute Gasteiger partial charge is 0.410 e. The normalized spacial score (nSPS) is 22.3. The summed E-state index contributed by atoms with van der Waals surface area (Å²) >= 11 is 1.81. The molecule has 1 unspecified atom stereocenters. The summed E-state index contributed by atoms with van der Waals surface area (Å²) < 4.78 is 5.23. The molecule has 0 aromatic rings. The minimum absolute atomic E-state index is 0.164. The molecule has 0 aromatic heterocycles. The van der Waals surface area contributed by atoms with Crippen LogP contribution in [0.2, 0.25) is 0 Å². The Hall–Kier alpha value is -0.380. The van der Waals surface area contributed by atoms with Crippen LogP contribution in [0.15, 0.2) is 0 Å². The van der Waals surface area contributed by atoms with Crippen LogP contribution in [0, 0.1) is 0 Å². The van der Waals surface area contributed by atoms with Crippen molar-refractivity contribution in [1.29, 1.82) is 0 Å². The zero-order valence-electron chi connectivity index (χ0n) is 9.37. The second-order valence-electron chi connectivity index (χ2n) is 4.27. The summed E-state index contributed by atoms with van der Waals surface area (Å²) in [7, 11) is 0. The first-order valence-corrected chi connectivity index (χ1v) is 6.28. The van der Waals surface area contributed by atoms with Crippen LogP contribution in [0.3, 0.4) is 0 Å². The van der Waals surface area contributed by atoms with E-state index in [1.54, 1.807) is 0 Å². The van der Waals surface area contributed by atoms with Crippen molar-refractivity contribution in [2.24, 2.45) is 0 Å². The first-order chi connectivity index (χ1) is 6.48. The number of cyclic esters (lactones) is 1. The summed E-state index contributed by atoms with van der Waals surface area (Å²) in [5, 5.41) is 0.524. The van der Waals surface area contributed by atoms with Crippen molar-refractivity contribution < 1.29 is 9.53 Å². The van der Waals surface area contributed by atoms with Crippen LogP contribution < -0.4 is 0 Å². The topological polar surface area (TPSA) is 29.5 Å². The number of nitrogens with zero attached hydrogens (tertiary/aromatic N) is 1. The van der Waals surface area contributed by atoms with Crippen LogP contribution in [-0.2, 0) is 4.74 Å². The number of hydrogen-bond donors (Lipinski definition) is 0. The van der Waals surface area contributed by atoms with E-state index in [9.17, 15) is 4.79 Å². The molecule has 1 aliphatic heterocycles. The fourth-order valence-corrected chi connectivity index (χ4v) is 2.27. The Labute approximate surface area is 90.2 Å². The predicted octanol–water partition coefficient (Wildman–Crippen LogP) is 2.36. The second kappa shape index (κ2) is 4.43. The molecule has 0 saturated carbocycles. The molecule has 0 radical (unpaired) electrons. The van der Waals surface area contributed by atoms with Gasteiger partial charge in [-0.25, -0.2) is 4.79 Å². The van der Waals surface area contributed by atoms with Crippen LogP contribution in [0.25, 0.3) is 0 Å². The highest BCUT2D eigenvalue weighted by atomic mass is 32.2. The number of thioether (sulfide) groups is 1. The molecule has 4 heteroatoms. The minimum atomic E-state index is -0.312. The van der Waals surface area contributed by atoms with E-state index in [1.807, 2.05) is 30.5 Å². The Morgan fingerprint density at radius 2 is 2.29 bits per heavy atom. The molecule has 1 saturated heterocycles. The standard InChI is InChI=1S/C10H19NO2S/c1-5-8(14-4)6-11-7-10(2,3)13-9(11)12/h8H,5-7H2,1-4H3. The molecule has 1 atom stereocenters. The maximum Gasteiger partial charge on any atom is 0.410 e.